The summed E-state index contributed by atoms with van der Waals surface area (Å²) in [5.41, 5.74) is 3.11. The molecule has 0 aliphatic carbocycles. The van der Waals surface area contributed by atoms with Gasteiger partial charge in [0.25, 0.3) is 0 Å². The first-order valence-electron chi connectivity index (χ1n) is 10.9. The van der Waals surface area contributed by atoms with Crippen LogP contribution < -0.4 is 10.2 Å². The lowest BCUT2D eigenvalue weighted by atomic mass is 10.1. The molecule has 30 heavy (non-hydrogen) atoms. The normalized spacial score (nSPS) is 17.6. The molecule has 4 rings (SSSR count). The van der Waals surface area contributed by atoms with Gasteiger partial charge in [0.05, 0.1) is 0 Å². The van der Waals surface area contributed by atoms with Crippen LogP contribution in [0.15, 0.2) is 54.6 Å². The predicted octanol–water partition coefficient (Wildman–Crippen LogP) is 2.96. The number of amides is 2. The Morgan fingerprint density at radius 1 is 0.767 bits per heavy atom. The first kappa shape index (κ1) is 20.4. The molecule has 2 heterocycles. The van der Waals surface area contributed by atoms with Crippen LogP contribution in [0.25, 0.3) is 0 Å². The monoisotopic (exact) mass is 406 g/mol. The van der Waals surface area contributed by atoms with Crippen molar-refractivity contribution in [1.29, 1.82) is 0 Å². The van der Waals surface area contributed by atoms with Crippen LogP contribution in [0, 0.1) is 0 Å². The summed E-state index contributed by atoms with van der Waals surface area (Å²) in [5.74, 6) is -1.01. The van der Waals surface area contributed by atoms with E-state index in [1.54, 1.807) is 4.90 Å². The van der Waals surface area contributed by atoms with Crippen LogP contribution in [0.4, 0.5) is 11.4 Å². The summed E-state index contributed by atoms with van der Waals surface area (Å²) in [4.78, 5) is 31.4. The van der Waals surface area contributed by atoms with Gasteiger partial charge >= 0.3 is 11.8 Å². The van der Waals surface area contributed by atoms with Gasteiger partial charge in [-0.25, -0.2) is 0 Å². The second-order valence-corrected chi connectivity index (χ2v) is 8.10. The zero-order chi connectivity index (χ0) is 20.8. The fourth-order valence-electron chi connectivity index (χ4n) is 4.19. The SMILES string of the molecule is O=C(Nc1ccc(N2CCCCC2)cc1)C(=O)N1CCN(Cc2ccccc2)CC1. The Morgan fingerprint density at radius 3 is 2.10 bits per heavy atom. The Bertz CT molecular complexity index is 839. The first-order valence-corrected chi connectivity index (χ1v) is 10.9. The van der Waals surface area contributed by atoms with Crippen LogP contribution in [0.5, 0.6) is 0 Å². The average Bonchev–Trinajstić information content (AvgIpc) is 2.81. The van der Waals surface area contributed by atoms with Crippen molar-refractivity contribution in [2.75, 3.05) is 49.5 Å². The van der Waals surface area contributed by atoms with Crippen molar-refractivity contribution in [2.45, 2.75) is 25.8 Å². The molecule has 2 aromatic rings. The van der Waals surface area contributed by atoms with Crippen molar-refractivity contribution in [3.05, 3.63) is 60.2 Å². The lowest BCUT2D eigenvalue weighted by molar-refractivity contribution is -0.144. The summed E-state index contributed by atoms with van der Waals surface area (Å²) >= 11 is 0. The maximum Gasteiger partial charge on any atom is 0.313 e. The molecule has 2 aliphatic heterocycles. The minimum absolute atomic E-state index is 0.450. The fourth-order valence-corrected chi connectivity index (χ4v) is 4.19. The first-order chi connectivity index (χ1) is 14.7. The minimum atomic E-state index is -0.558. The molecule has 2 fully saturated rings. The van der Waals surface area contributed by atoms with E-state index in [1.165, 1.54) is 30.5 Å². The maximum absolute atomic E-state index is 12.6. The van der Waals surface area contributed by atoms with Crippen molar-refractivity contribution >= 4 is 23.2 Å². The van der Waals surface area contributed by atoms with Crippen LogP contribution in [-0.2, 0) is 16.1 Å². The quantitative estimate of drug-likeness (QED) is 0.794. The molecular weight excluding hydrogens is 376 g/mol. The number of carbonyl (C=O) groups is 2. The molecule has 0 atom stereocenters. The van der Waals surface area contributed by atoms with Crippen molar-refractivity contribution < 1.29 is 9.59 Å². The molecule has 0 spiro atoms. The number of piperazine rings is 1. The van der Waals surface area contributed by atoms with Crippen molar-refractivity contribution in [2.24, 2.45) is 0 Å². The van der Waals surface area contributed by atoms with Gasteiger partial charge in [0.15, 0.2) is 0 Å². The number of hydrogen-bond acceptors (Lipinski definition) is 4. The summed E-state index contributed by atoms with van der Waals surface area (Å²) in [6, 6.07) is 18.1. The Kier molecular flexibility index (Phi) is 6.64. The third-order valence-corrected chi connectivity index (χ3v) is 5.95. The molecule has 0 unspecified atom stereocenters. The number of nitrogens with zero attached hydrogens (tertiary/aromatic N) is 3. The molecule has 2 aromatic carbocycles. The van der Waals surface area contributed by atoms with Crippen molar-refractivity contribution in [3.8, 4) is 0 Å². The van der Waals surface area contributed by atoms with Crippen molar-refractivity contribution in [3.63, 3.8) is 0 Å². The van der Waals surface area contributed by atoms with Gasteiger partial charge in [-0.3, -0.25) is 14.5 Å². The lowest BCUT2D eigenvalue weighted by Gasteiger charge is -2.34. The third-order valence-electron chi connectivity index (χ3n) is 5.95. The highest BCUT2D eigenvalue weighted by Gasteiger charge is 2.26. The maximum atomic E-state index is 12.6. The van der Waals surface area contributed by atoms with Crippen LogP contribution in [0.2, 0.25) is 0 Å². The van der Waals surface area contributed by atoms with Gasteiger partial charge in [0.1, 0.15) is 0 Å². The van der Waals surface area contributed by atoms with E-state index >= 15 is 0 Å². The third kappa shape index (κ3) is 5.19. The number of anilines is 2. The Morgan fingerprint density at radius 2 is 1.43 bits per heavy atom. The number of benzene rings is 2. The average molecular weight is 407 g/mol. The highest BCUT2D eigenvalue weighted by atomic mass is 16.2. The van der Waals surface area contributed by atoms with Gasteiger partial charge in [-0.2, -0.15) is 0 Å². The van der Waals surface area contributed by atoms with E-state index in [0.717, 1.165) is 32.7 Å². The number of hydrogen-bond donors (Lipinski definition) is 1. The number of nitrogens with one attached hydrogen (secondary N) is 1. The summed E-state index contributed by atoms with van der Waals surface area (Å²) < 4.78 is 0. The largest absolute Gasteiger partial charge is 0.372 e. The van der Waals surface area contributed by atoms with E-state index < -0.39 is 11.8 Å². The van der Waals surface area contributed by atoms with E-state index in [1.807, 2.05) is 42.5 Å². The zero-order valence-electron chi connectivity index (χ0n) is 17.4. The summed E-state index contributed by atoms with van der Waals surface area (Å²) in [6.07, 6.45) is 3.75. The number of piperidine rings is 1. The van der Waals surface area contributed by atoms with E-state index in [9.17, 15) is 9.59 Å². The van der Waals surface area contributed by atoms with E-state index in [4.69, 9.17) is 0 Å². The van der Waals surface area contributed by atoms with Gasteiger partial charge in [0.2, 0.25) is 0 Å². The molecule has 0 saturated carbocycles. The molecular formula is C24H30N4O2. The Hall–Kier alpha value is -2.86. The lowest BCUT2D eigenvalue weighted by Crippen LogP contribution is -2.51. The second-order valence-electron chi connectivity index (χ2n) is 8.10. The molecule has 1 N–H and O–H groups in total. The fraction of sp³-hybridized carbons (Fsp3) is 0.417. The van der Waals surface area contributed by atoms with Gasteiger partial charge < -0.3 is 15.1 Å². The van der Waals surface area contributed by atoms with Gasteiger partial charge in [-0.05, 0) is 49.1 Å². The van der Waals surface area contributed by atoms with Crippen LogP contribution in [-0.4, -0.2) is 60.9 Å². The number of carbonyl (C=O) groups excluding carboxylic acids is 2. The zero-order valence-corrected chi connectivity index (χ0v) is 17.4. The summed E-state index contributed by atoms with van der Waals surface area (Å²) in [7, 11) is 0. The molecule has 0 bridgehead atoms. The minimum Gasteiger partial charge on any atom is -0.372 e. The Labute approximate surface area is 178 Å². The predicted molar refractivity (Wildman–Crippen MR) is 119 cm³/mol. The second kappa shape index (κ2) is 9.76. The molecule has 2 amide bonds. The van der Waals surface area contributed by atoms with Crippen molar-refractivity contribution in [1.82, 2.24) is 9.80 Å². The molecule has 0 radical (unpaired) electrons. The van der Waals surface area contributed by atoms with Crippen LogP contribution >= 0.6 is 0 Å². The smallest absolute Gasteiger partial charge is 0.313 e. The van der Waals surface area contributed by atoms with E-state index in [2.05, 4.69) is 27.2 Å². The summed E-state index contributed by atoms with van der Waals surface area (Å²) in [6.45, 7) is 5.75. The standard InChI is InChI=1S/C24H30N4O2/c29-23(25-21-9-11-22(12-10-21)27-13-5-2-6-14-27)24(30)28-17-15-26(16-18-28)19-20-7-3-1-4-8-20/h1,3-4,7-12H,2,5-6,13-19H2,(H,25,29). The van der Waals surface area contributed by atoms with E-state index in [-0.39, 0.29) is 0 Å². The van der Waals surface area contributed by atoms with Crippen LogP contribution in [0.3, 0.4) is 0 Å². The molecule has 2 saturated heterocycles. The Balaban J connectivity index is 1.25. The molecule has 6 nitrogen and oxygen atoms in total. The van der Waals surface area contributed by atoms with Crippen LogP contribution in [0.1, 0.15) is 24.8 Å². The van der Waals surface area contributed by atoms with Gasteiger partial charge in [-0.1, -0.05) is 30.3 Å². The highest BCUT2D eigenvalue weighted by molar-refractivity contribution is 6.39. The summed E-state index contributed by atoms with van der Waals surface area (Å²) in [5, 5.41) is 2.76. The highest BCUT2D eigenvalue weighted by Crippen LogP contribution is 2.22. The van der Waals surface area contributed by atoms with Gasteiger partial charge in [0, 0.05) is 57.2 Å². The topological polar surface area (TPSA) is 55.9 Å². The molecule has 6 heteroatoms. The van der Waals surface area contributed by atoms with Gasteiger partial charge in [-0.15, -0.1) is 0 Å². The number of rotatable bonds is 4. The molecule has 0 aromatic heterocycles. The van der Waals surface area contributed by atoms with E-state index in [0.29, 0.717) is 18.8 Å². The molecule has 158 valence electrons. The molecule has 2 aliphatic rings.